The van der Waals surface area contributed by atoms with Crippen LogP contribution in [-0.4, -0.2) is 63.3 Å². The van der Waals surface area contributed by atoms with E-state index in [2.05, 4.69) is 21.7 Å². The Hall–Kier alpha value is -1.55. The lowest BCUT2D eigenvalue weighted by Gasteiger charge is -2.28. The van der Waals surface area contributed by atoms with E-state index < -0.39 is 0 Å². The number of likely N-dealkylation sites (N-methyl/N-ethyl adjacent to an activating group) is 1. The third kappa shape index (κ3) is 6.24. The lowest BCUT2D eigenvalue weighted by atomic mass is 10.0. The molecule has 1 fully saturated rings. The van der Waals surface area contributed by atoms with Crippen molar-refractivity contribution in [1.82, 2.24) is 15.5 Å². The van der Waals surface area contributed by atoms with Gasteiger partial charge in [0.05, 0.1) is 18.8 Å². The average molecular weight is 488 g/mol. The van der Waals surface area contributed by atoms with Gasteiger partial charge in [0, 0.05) is 39.2 Å². The quantitative estimate of drug-likeness (QED) is 0.377. The van der Waals surface area contributed by atoms with E-state index in [4.69, 9.17) is 9.47 Å². The number of fused-ring (bicyclic) bond motifs is 1. The molecule has 0 aromatic heterocycles. The molecule has 150 valence electrons. The first kappa shape index (κ1) is 21.7. The largest absolute Gasteiger partial charge is 0.493 e. The molecule has 3 rings (SSSR count). The minimum atomic E-state index is -0.0319. The van der Waals surface area contributed by atoms with E-state index in [0.29, 0.717) is 19.1 Å². The Morgan fingerprint density at radius 1 is 1.26 bits per heavy atom. The van der Waals surface area contributed by atoms with Gasteiger partial charge >= 0.3 is 0 Å². The van der Waals surface area contributed by atoms with E-state index in [1.807, 2.05) is 18.2 Å². The number of amides is 1. The molecule has 1 aromatic rings. The van der Waals surface area contributed by atoms with E-state index in [1.165, 1.54) is 0 Å². The number of carbonyl (C=O) groups excluding carboxylic acids is 1. The van der Waals surface area contributed by atoms with Crippen LogP contribution >= 0.6 is 24.0 Å². The summed E-state index contributed by atoms with van der Waals surface area (Å²) >= 11 is 0. The van der Waals surface area contributed by atoms with Crippen LogP contribution in [-0.2, 0) is 9.53 Å². The number of rotatable bonds is 5. The fourth-order valence-electron chi connectivity index (χ4n) is 3.11. The summed E-state index contributed by atoms with van der Waals surface area (Å²) in [5.41, 5.74) is 1.12. The zero-order chi connectivity index (χ0) is 18.4. The highest BCUT2D eigenvalue weighted by atomic mass is 127. The lowest BCUT2D eigenvalue weighted by molar-refractivity contribution is -0.127. The second kappa shape index (κ2) is 10.7. The zero-order valence-corrected chi connectivity index (χ0v) is 18.3. The number of benzene rings is 1. The normalized spacial score (nSPS) is 21.5. The summed E-state index contributed by atoms with van der Waals surface area (Å²) in [4.78, 5) is 17.9. The highest BCUT2D eigenvalue weighted by molar-refractivity contribution is 14.0. The van der Waals surface area contributed by atoms with Crippen LogP contribution in [0.5, 0.6) is 5.75 Å². The molecule has 1 aromatic carbocycles. The molecule has 0 spiro atoms. The first-order valence-corrected chi connectivity index (χ1v) is 9.22. The van der Waals surface area contributed by atoms with Crippen LogP contribution < -0.4 is 15.4 Å². The van der Waals surface area contributed by atoms with Crippen molar-refractivity contribution < 1.29 is 14.3 Å². The Balaban J connectivity index is 0.00000261. The standard InChI is InChI=1S/C19H28N4O3.HI/c1-23(2)18(24)13-21-19(20-12-14-6-5-10-25-14)22-16-9-11-26-17-8-4-3-7-15(16)17;/h3-4,7-8,14,16H,5-6,9-13H2,1-2H3,(H2,20,21,22);1H. The van der Waals surface area contributed by atoms with Crippen molar-refractivity contribution in [2.45, 2.75) is 31.4 Å². The predicted molar refractivity (Wildman–Crippen MR) is 116 cm³/mol. The zero-order valence-electron chi connectivity index (χ0n) is 15.9. The number of nitrogens with zero attached hydrogens (tertiary/aromatic N) is 2. The average Bonchev–Trinajstić information content (AvgIpc) is 3.17. The molecule has 2 aliphatic rings. The summed E-state index contributed by atoms with van der Waals surface area (Å²) in [6.07, 6.45) is 3.20. The fourth-order valence-corrected chi connectivity index (χ4v) is 3.11. The molecule has 27 heavy (non-hydrogen) atoms. The molecule has 0 radical (unpaired) electrons. The van der Waals surface area contributed by atoms with E-state index in [1.54, 1.807) is 19.0 Å². The molecule has 1 saturated heterocycles. The van der Waals surface area contributed by atoms with Crippen molar-refractivity contribution in [2.24, 2.45) is 4.99 Å². The number of halogens is 1. The Morgan fingerprint density at radius 2 is 2.07 bits per heavy atom. The number of aliphatic imine (C=N–C) groups is 1. The third-order valence-corrected chi connectivity index (χ3v) is 4.66. The second-order valence-corrected chi connectivity index (χ2v) is 6.84. The Kier molecular flexibility index (Phi) is 8.62. The monoisotopic (exact) mass is 488 g/mol. The van der Waals surface area contributed by atoms with Crippen LogP contribution in [0, 0.1) is 0 Å². The molecule has 0 saturated carbocycles. The molecule has 1 amide bonds. The predicted octanol–water partition coefficient (Wildman–Crippen LogP) is 1.93. The van der Waals surface area contributed by atoms with Gasteiger partial charge in [0.25, 0.3) is 0 Å². The first-order valence-electron chi connectivity index (χ1n) is 9.22. The first-order chi connectivity index (χ1) is 12.6. The van der Waals surface area contributed by atoms with Crippen molar-refractivity contribution in [1.29, 1.82) is 0 Å². The van der Waals surface area contributed by atoms with Gasteiger partial charge < -0.3 is 25.0 Å². The van der Waals surface area contributed by atoms with Crippen LogP contribution in [0.2, 0.25) is 0 Å². The fraction of sp³-hybridized carbons (Fsp3) is 0.579. The van der Waals surface area contributed by atoms with Gasteiger partial charge in [-0.1, -0.05) is 18.2 Å². The summed E-state index contributed by atoms with van der Waals surface area (Å²) in [6, 6.07) is 8.13. The van der Waals surface area contributed by atoms with E-state index in [9.17, 15) is 4.79 Å². The van der Waals surface area contributed by atoms with E-state index in [-0.39, 0.29) is 48.6 Å². The Bertz CT molecular complexity index is 648. The lowest BCUT2D eigenvalue weighted by Crippen LogP contribution is -2.44. The van der Waals surface area contributed by atoms with Crippen molar-refractivity contribution >= 4 is 35.8 Å². The van der Waals surface area contributed by atoms with Gasteiger partial charge in [0.2, 0.25) is 5.91 Å². The summed E-state index contributed by atoms with van der Waals surface area (Å²) in [5, 5.41) is 6.80. The van der Waals surface area contributed by atoms with Gasteiger partial charge in [-0.15, -0.1) is 24.0 Å². The molecule has 7 nitrogen and oxygen atoms in total. The summed E-state index contributed by atoms with van der Waals surface area (Å²) in [7, 11) is 3.47. The SMILES string of the molecule is CN(C)C(=O)CN=C(NCC1CCCO1)NC1CCOc2ccccc21.I. The summed E-state index contributed by atoms with van der Waals surface area (Å²) in [5.74, 6) is 1.51. The smallest absolute Gasteiger partial charge is 0.243 e. The van der Waals surface area contributed by atoms with Crippen LogP contribution in [0.4, 0.5) is 0 Å². The highest BCUT2D eigenvalue weighted by Gasteiger charge is 2.23. The van der Waals surface area contributed by atoms with E-state index >= 15 is 0 Å². The van der Waals surface area contributed by atoms with Crippen LogP contribution in [0.15, 0.2) is 29.3 Å². The molecule has 2 N–H and O–H groups in total. The minimum Gasteiger partial charge on any atom is -0.493 e. The molecule has 8 heteroatoms. The number of hydrogen-bond acceptors (Lipinski definition) is 4. The maximum Gasteiger partial charge on any atom is 0.243 e. The topological polar surface area (TPSA) is 75.2 Å². The molecule has 2 atom stereocenters. The number of guanidine groups is 1. The summed E-state index contributed by atoms with van der Waals surface area (Å²) < 4.78 is 11.4. The number of carbonyl (C=O) groups is 1. The maximum atomic E-state index is 11.9. The van der Waals surface area contributed by atoms with Crippen LogP contribution in [0.1, 0.15) is 30.9 Å². The summed E-state index contributed by atoms with van der Waals surface area (Å²) in [6.45, 7) is 2.27. The van der Waals surface area contributed by atoms with Crippen LogP contribution in [0.25, 0.3) is 0 Å². The van der Waals surface area contributed by atoms with Crippen molar-refractivity contribution in [3.8, 4) is 5.75 Å². The van der Waals surface area contributed by atoms with Crippen molar-refractivity contribution in [3.05, 3.63) is 29.8 Å². The van der Waals surface area contributed by atoms with Crippen molar-refractivity contribution in [3.63, 3.8) is 0 Å². The van der Waals surface area contributed by atoms with Crippen molar-refractivity contribution in [2.75, 3.05) is 40.4 Å². The van der Waals surface area contributed by atoms with Gasteiger partial charge in [-0.25, -0.2) is 4.99 Å². The molecular weight excluding hydrogens is 459 g/mol. The van der Waals surface area contributed by atoms with Gasteiger partial charge in [-0.3, -0.25) is 4.79 Å². The molecule has 0 aliphatic carbocycles. The third-order valence-electron chi connectivity index (χ3n) is 4.66. The molecule has 2 heterocycles. The maximum absolute atomic E-state index is 11.9. The van der Waals surface area contributed by atoms with E-state index in [0.717, 1.165) is 37.2 Å². The number of hydrogen-bond donors (Lipinski definition) is 2. The molecular formula is C19H29IN4O3. The highest BCUT2D eigenvalue weighted by Crippen LogP contribution is 2.31. The minimum absolute atomic E-state index is 0. The van der Waals surface area contributed by atoms with Gasteiger partial charge in [0.1, 0.15) is 12.3 Å². The van der Waals surface area contributed by atoms with Gasteiger partial charge in [0.15, 0.2) is 5.96 Å². The molecule has 2 aliphatic heterocycles. The Labute approximate surface area is 177 Å². The van der Waals surface area contributed by atoms with Gasteiger partial charge in [-0.2, -0.15) is 0 Å². The second-order valence-electron chi connectivity index (χ2n) is 6.84. The number of nitrogens with one attached hydrogen (secondary N) is 2. The molecule has 2 unspecified atom stereocenters. The Morgan fingerprint density at radius 3 is 2.81 bits per heavy atom. The number of para-hydroxylation sites is 1. The van der Waals surface area contributed by atoms with Gasteiger partial charge in [-0.05, 0) is 18.9 Å². The number of ether oxygens (including phenoxy) is 2. The molecule has 0 bridgehead atoms. The van der Waals surface area contributed by atoms with Crippen LogP contribution in [0.3, 0.4) is 0 Å².